The fourth-order valence-electron chi connectivity index (χ4n) is 0.959. The van der Waals surface area contributed by atoms with Crippen molar-refractivity contribution in [3.05, 3.63) is 26.8 Å². The van der Waals surface area contributed by atoms with Gasteiger partial charge in [-0.2, -0.15) is 0 Å². The summed E-state index contributed by atoms with van der Waals surface area (Å²) in [7, 11) is 0. The molecule has 1 aromatic carbocycles. The lowest BCUT2D eigenvalue weighted by molar-refractivity contribution is 0.263. The number of phenols is 1. The zero-order valence-electron chi connectivity index (χ0n) is 6.29. The Bertz CT molecular complexity index is 261. The van der Waals surface area contributed by atoms with Crippen molar-refractivity contribution in [2.75, 3.05) is 0 Å². The number of hydrogen-bond donors (Lipinski definition) is 3. The van der Waals surface area contributed by atoms with Crippen molar-refractivity contribution in [2.45, 2.75) is 13.2 Å². The SMILES string of the molecule is OCc1cc(I)cc(CO)c1O. The topological polar surface area (TPSA) is 60.7 Å². The highest BCUT2D eigenvalue weighted by Gasteiger charge is 2.06. The van der Waals surface area contributed by atoms with Crippen LogP contribution in [-0.2, 0) is 13.2 Å². The van der Waals surface area contributed by atoms with E-state index in [-0.39, 0.29) is 19.0 Å². The largest absolute Gasteiger partial charge is 0.507 e. The van der Waals surface area contributed by atoms with Gasteiger partial charge >= 0.3 is 0 Å². The Morgan fingerprint density at radius 2 is 1.50 bits per heavy atom. The van der Waals surface area contributed by atoms with Gasteiger partial charge in [0.2, 0.25) is 0 Å². The van der Waals surface area contributed by atoms with E-state index < -0.39 is 0 Å². The molecule has 0 aliphatic carbocycles. The molecule has 0 heterocycles. The van der Waals surface area contributed by atoms with Crippen LogP contribution >= 0.6 is 22.6 Å². The third-order valence-corrected chi connectivity index (χ3v) is 2.20. The predicted molar refractivity (Wildman–Crippen MR) is 52.7 cm³/mol. The van der Waals surface area contributed by atoms with Crippen LogP contribution in [0.5, 0.6) is 5.75 Å². The van der Waals surface area contributed by atoms with Crippen LogP contribution in [0.2, 0.25) is 0 Å². The van der Waals surface area contributed by atoms with Crippen LogP contribution in [0.4, 0.5) is 0 Å². The molecule has 0 fully saturated rings. The maximum atomic E-state index is 9.39. The smallest absolute Gasteiger partial charge is 0.126 e. The van der Waals surface area contributed by atoms with Crippen molar-refractivity contribution in [3.63, 3.8) is 0 Å². The summed E-state index contributed by atoms with van der Waals surface area (Å²) in [6.07, 6.45) is 0. The number of benzene rings is 1. The van der Waals surface area contributed by atoms with E-state index in [1.54, 1.807) is 12.1 Å². The third kappa shape index (κ3) is 1.88. The number of rotatable bonds is 2. The van der Waals surface area contributed by atoms with Gasteiger partial charge in [-0.15, -0.1) is 0 Å². The summed E-state index contributed by atoms with van der Waals surface area (Å²) in [5, 5.41) is 27.0. The van der Waals surface area contributed by atoms with E-state index in [0.29, 0.717) is 11.1 Å². The molecule has 1 rings (SSSR count). The van der Waals surface area contributed by atoms with Crippen molar-refractivity contribution in [3.8, 4) is 5.75 Å². The lowest BCUT2D eigenvalue weighted by Crippen LogP contribution is -1.92. The second kappa shape index (κ2) is 4.06. The first-order valence-corrected chi connectivity index (χ1v) is 4.49. The van der Waals surface area contributed by atoms with Crippen LogP contribution < -0.4 is 0 Å². The molecule has 1 aromatic rings. The van der Waals surface area contributed by atoms with Gasteiger partial charge in [0, 0.05) is 14.7 Å². The first kappa shape index (κ1) is 9.76. The molecular formula is C8H9IO3. The Morgan fingerprint density at radius 3 is 1.83 bits per heavy atom. The van der Waals surface area contributed by atoms with Gasteiger partial charge in [0.15, 0.2) is 0 Å². The zero-order chi connectivity index (χ0) is 9.14. The number of hydrogen-bond acceptors (Lipinski definition) is 3. The van der Waals surface area contributed by atoms with Gasteiger partial charge in [0.25, 0.3) is 0 Å². The van der Waals surface area contributed by atoms with E-state index in [1.807, 2.05) is 0 Å². The summed E-state index contributed by atoms with van der Waals surface area (Å²) in [5.41, 5.74) is 0.900. The summed E-state index contributed by atoms with van der Waals surface area (Å²) in [6.45, 7) is -0.425. The van der Waals surface area contributed by atoms with Crippen LogP contribution in [0.3, 0.4) is 0 Å². The number of aliphatic hydroxyl groups excluding tert-OH is 2. The Morgan fingerprint density at radius 1 is 1.08 bits per heavy atom. The van der Waals surface area contributed by atoms with Gasteiger partial charge in [0.1, 0.15) is 5.75 Å². The maximum absolute atomic E-state index is 9.39. The highest BCUT2D eigenvalue weighted by atomic mass is 127. The van der Waals surface area contributed by atoms with Crippen molar-refractivity contribution in [1.82, 2.24) is 0 Å². The minimum atomic E-state index is -0.213. The molecule has 0 saturated carbocycles. The van der Waals surface area contributed by atoms with Crippen LogP contribution in [-0.4, -0.2) is 15.3 Å². The third-order valence-electron chi connectivity index (χ3n) is 1.57. The lowest BCUT2D eigenvalue weighted by Gasteiger charge is -2.06. The van der Waals surface area contributed by atoms with Crippen LogP contribution in [0, 0.1) is 3.57 Å². The fourth-order valence-corrected chi connectivity index (χ4v) is 1.71. The molecule has 0 aliphatic rings. The van der Waals surface area contributed by atoms with Gasteiger partial charge in [-0.3, -0.25) is 0 Å². The number of halogens is 1. The van der Waals surface area contributed by atoms with Gasteiger partial charge in [-0.1, -0.05) is 0 Å². The summed E-state index contributed by atoms with van der Waals surface area (Å²) in [5.74, 6) is -0.0135. The van der Waals surface area contributed by atoms with Gasteiger partial charge < -0.3 is 15.3 Å². The van der Waals surface area contributed by atoms with Crippen molar-refractivity contribution >= 4 is 22.6 Å². The van der Waals surface area contributed by atoms with E-state index >= 15 is 0 Å². The van der Waals surface area contributed by atoms with E-state index in [2.05, 4.69) is 22.6 Å². The number of aromatic hydroxyl groups is 1. The molecule has 4 heteroatoms. The molecule has 0 aromatic heterocycles. The Balaban J connectivity index is 3.22. The first-order chi connectivity index (χ1) is 5.69. The zero-order valence-corrected chi connectivity index (χ0v) is 8.45. The average Bonchev–Trinajstić information content (AvgIpc) is 2.08. The molecule has 0 bridgehead atoms. The average molecular weight is 280 g/mol. The lowest BCUT2D eigenvalue weighted by atomic mass is 10.1. The van der Waals surface area contributed by atoms with E-state index in [1.165, 1.54) is 0 Å². The summed E-state index contributed by atoms with van der Waals surface area (Å²) in [6, 6.07) is 3.35. The fraction of sp³-hybridized carbons (Fsp3) is 0.250. The molecule has 0 saturated heterocycles. The quantitative estimate of drug-likeness (QED) is 0.708. The van der Waals surface area contributed by atoms with E-state index in [9.17, 15) is 5.11 Å². The van der Waals surface area contributed by atoms with Crippen molar-refractivity contribution in [2.24, 2.45) is 0 Å². The molecule has 66 valence electrons. The van der Waals surface area contributed by atoms with Gasteiger partial charge in [0.05, 0.1) is 13.2 Å². The normalized spacial score (nSPS) is 10.2. The van der Waals surface area contributed by atoms with Crippen LogP contribution in [0.1, 0.15) is 11.1 Å². The maximum Gasteiger partial charge on any atom is 0.126 e. The van der Waals surface area contributed by atoms with Crippen LogP contribution in [0.15, 0.2) is 12.1 Å². The monoisotopic (exact) mass is 280 g/mol. The summed E-state index contributed by atoms with van der Waals surface area (Å²) >= 11 is 2.06. The molecular weight excluding hydrogens is 271 g/mol. The Labute approximate surface area is 83.8 Å². The van der Waals surface area contributed by atoms with Gasteiger partial charge in [-0.25, -0.2) is 0 Å². The molecule has 0 spiro atoms. The highest BCUT2D eigenvalue weighted by molar-refractivity contribution is 14.1. The number of aliphatic hydroxyl groups is 2. The molecule has 3 nitrogen and oxygen atoms in total. The molecule has 0 aliphatic heterocycles. The summed E-state index contributed by atoms with van der Waals surface area (Å²) in [4.78, 5) is 0. The minimum absolute atomic E-state index is 0.0135. The standard InChI is InChI=1S/C8H9IO3/c9-7-1-5(3-10)8(12)6(2-7)4-11/h1-2,10-12H,3-4H2. The molecule has 3 N–H and O–H groups in total. The Hall–Kier alpha value is -0.330. The molecule has 12 heavy (non-hydrogen) atoms. The van der Waals surface area contributed by atoms with E-state index in [4.69, 9.17) is 10.2 Å². The molecule has 0 amide bonds. The van der Waals surface area contributed by atoms with Crippen LogP contribution in [0.25, 0.3) is 0 Å². The van der Waals surface area contributed by atoms with Crippen molar-refractivity contribution < 1.29 is 15.3 Å². The minimum Gasteiger partial charge on any atom is -0.507 e. The van der Waals surface area contributed by atoms with Crippen molar-refractivity contribution in [1.29, 1.82) is 0 Å². The van der Waals surface area contributed by atoms with Gasteiger partial charge in [-0.05, 0) is 34.7 Å². The second-order valence-electron chi connectivity index (χ2n) is 2.39. The Kier molecular flexibility index (Phi) is 3.30. The highest BCUT2D eigenvalue weighted by Crippen LogP contribution is 2.25. The molecule has 0 unspecified atom stereocenters. The first-order valence-electron chi connectivity index (χ1n) is 3.41. The molecule has 0 atom stereocenters. The second-order valence-corrected chi connectivity index (χ2v) is 3.63. The predicted octanol–water partition coefficient (Wildman–Crippen LogP) is 0.981. The molecule has 0 radical (unpaired) electrons. The summed E-state index contributed by atoms with van der Waals surface area (Å²) < 4.78 is 0.888. The van der Waals surface area contributed by atoms with E-state index in [0.717, 1.165) is 3.57 Å².